The van der Waals surface area contributed by atoms with Crippen molar-refractivity contribution in [2.75, 3.05) is 19.6 Å². The lowest BCUT2D eigenvalue weighted by Crippen LogP contribution is -2.47. The third kappa shape index (κ3) is 3.73. The van der Waals surface area contributed by atoms with Crippen molar-refractivity contribution in [1.82, 2.24) is 20.1 Å². The second-order valence-electron chi connectivity index (χ2n) is 9.67. The smallest absolute Gasteiger partial charge is 0.325 e. The maximum Gasteiger partial charge on any atom is 0.325 e. The molecular weight excluding hydrogens is 472 g/mol. The number of para-hydroxylation sites is 1. The summed E-state index contributed by atoms with van der Waals surface area (Å²) in [5, 5.41) is 5.78. The highest BCUT2D eigenvalue weighted by Crippen LogP contribution is 2.35. The molecule has 4 amide bonds. The Morgan fingerprint density at radius 3 is 2.72 bits per heavy atom. The highest BCUT2D eigenvalue weighted by Gasteiger charge is 2.50. The predicted molar refractivity (Wildman–Crippen MR) is 140 cm³/mol. The summed E-state index contributed by atoms with van der Waals surface area (Å²) in [7, 11) is 0. The van der Waals surface area contributed by atoms with E-state index in [4.69, 9.17) is 4.98 Å². The minimum absolute atomic E-state index is 0.157. The van der Waals surface area contributed by atoms with Crippen LogP contribution in [0.1, 0.15) is 36.3 Å². The third-order valence-electron chi connectivity index (χ3n) is 7.33. The molecule has 4 aromatic rings. The summed E-state index contributed by atoms with van der Waals surface area (Å²) in [6, 6.07) is 21.0. The zero-order valence-electron chi connectivity index (χ0n) is 19.9. The molecule has 0 spiro atoms. The number of carbonyl (C=O) groups excluding carboxylic acids is 3. The van der Waals surface area contributed by atoms with Gasteiger partial charge >= 0.3 is 6.03 Å². The van der Waals surface area contributed by atoms with Crippen LogP contribution in [-0.4, -0.2) is 52.3 Å². The van der Waals surface area contributed by atoms with Gasteiger partial charge in [0.15, 0.2) is 0 Å². The van der Waals surface area contributed by atoms with Crippen LogP contribution < -0.4 is 5.32 Å². The largest absolute Gasteiger partial charge is 0.340 e. The lowest BCUT2D eigenvalue weighted by atomic mass is 9.88. The number of hydrogen-bond donors (Lipinski definition) is 1. The van der Waals surface area contributed by atoms with Crippen molar-refractivity contribution in [3.05, 3.63) is 77.3 Å². The summed E-state index contributed by atoms with van der Waals surface area (Å²) in [6.07, 6.45) is 1.83. The summed E-state index contributed by atoms with van der Waals surface area (Å²) in [6.45, 7) is 2.61. The average Bonchev–Trinajstić information content (AvgIpc) is 3.43. The molecule has 2 atom stereocenters. The molecule has 8 heteroatoms. The Bertz CT molecular complexity index is 1480. The fourth-order valence-electron chi connectivity index (χ4n) is 5.39. The number of nitrogens with one attached hydrogen (secondary N) is 1. The van der Waals surface area contributed by atoms with Crippen molar-refractivity contribution in [3.8, 4) is 0 Å². The quantitative estimate of drug-likeness (QED) is 0.416. The van der Waals surface area contributed by atoms with Gasteiger partial charge in [0.25, 0.3) is 5.91 Å². The van der Waals surface area contributed by atoms with Crippen LogP contribution >= 0.6 is 11.3 Å². The number of piperidine rings is 1. The number of fused-ring (bicyclic) bond motifs is 2. The fourth-order valence-corrected chi connectivity index (χ4v) is 6.48. The van der Waals surface area contributed by atoms with Crippen molar-refractivity contribution in [1.29, 1.82) is 0 Å². The maximum atomic E-state index is 13.5. The summed E-state index contributed by atoms with van der Waals surface area (Å²) in [4.78, 5) is 47.4. The number of thiazole rings is 1. The first-order valence-corrected chi connectivity index (χ1v) is 13.0. The van der Waals surface area contributed by atoms with E-state index in [9.17, 15) is 14.4 Å². The predicted octanol–water partition coefficient (Wildman–Crippen LogP) is 4.62. The van der Waals surface area contributed by atoms with Gasteiger partial charge in [0, 0.05) is 19.0 Å². The normalized spacial score (nSPS) is 22.4. The Morgan fingerprint density at radius 1 is 1.08 bits per heavy atom. The van der Waals surface area contributed by atoms with E-state index in [1.54, 1.807) is 23.2 Å². The Morgan fingerprint density at radius 2 is 1.86 bits per heavy atom. The van der Waals surface area contributed by atoms with Gasteiger partial charge in [0.05, 0.1) is 15.2 Å². The van der Waals surface area contributed by atoms with Crippen molar-refractivity contribution in [3.63, 3.8) is 0 Å². The van der Waals surface area contributed by atoms with E-state index >= 15 is 0 Å². The molecule has 1 N–H and O–H groups in total. The van der Waals surface area contributed by atoms with Crippen LogP contribution in [0.2, 0.25) is 0 Å². The van der Waals surface area contributed by atoms with Crippen molar-refractivity contribution in [2.24, 2.45) is 0 Å². The summed E-state index contributed by atoms with van der Waals surface area (Å²) < 4.78 is 1.14. The molecule has 0 radical (unpaired) electrons. The molecule has 2 aliphatic heterocycles. The van der Waals surface area contributed by atoms with Gasteiger partial charge in [-0.15, -0.1) is 11.3 Å². The Hall–Kier alpha value is -3.78. The zero-order chi connectivity index (χ0) is 24.9. The van der Waals surface area contributed by atoms with Crippen LogP contribution in [0.5, 0.6) is 0 Å². The van der Waals surface area contributed by atoms with Gasteiger partial charge in [0.1, 0.15) is 12.1 Å². The number of urea groups is 1. The van der Waals surface area contributed by atoms with E-state index in [-0.39, 0.29) is 18.4 Å². The minimum atomic E-state index is -1.23. The number of carbonyl (C=O) groups is 3. The van der Waals surface area contributed by atoms with Gasteiger partial charge in [-0.2, -0.15) is 0 Å². The molecule has 1 aromatic heterocycles. The Labute approximate surface area is 212 Å². The molecule has 182 valence electrons. The van der Waals surface area contributed by atoms with Gasteiger partial charge in [-0.3, -0.25) is 14.5 Å². The summed E-state index contributed by atoms with van der Waals surface area (Å²) >= 11 is 1.67. The standard InChI is InChI=1S/C28H26N4O3S/c1-28(21-12-6-9-18-8-2-3-11-20(18)21)26(34)32(27(35)30-28)17-24(33)31-15-7-10-19(16-31)25-29-22-13-4-5-14-23(22)36-25/h2-6,8-9,11-14,19H,7,10,15-17H2,1H3,(H,30,35)/t19-,28+/m0/s1. The molecule has 2 saturated heterocycles. The summed E-state index contributed by atoms with van der Waals surface area (Å²) in [5.74, 6) is -0.465. The van der Waals surface area contributed by atoms with E-state index < -0.39 is 17.5 Å². The van der Waals surface area contributed by atoms with Crippen LogP contribution in [0.4, 0.5) is 4.79 Å². The molecule has 0 saturated carbocycles. The molecule has 2 aliphatic rings. The molecule has 3 heterocycles. The number of benzene rings is 3. The number of rotatable bonds is 4. The topological polar surface area (TPSA) is 82.6 Å². The van der Waals surface area contributed by atoms with Gasteiger partial charge in [-0.25, -0.2) is 9.78 Å². The maximum absolute atomic E-state index is 13.5. The second-order valence-corrected chi connectivity index (χ2v) is 10.7. The first-order chi connectivity index (χ1) is 17.4. The highest BCUT2D eigenvalue weighted by molar-refractivity contribution is 7.18. The first kappa shape index (κ1) is 22.7. The molecule has 3 aromatic carbocycles. The average molecular weight is 499 g/mol. The number of likely N-dealkylation sites (tertiary alicyclic amines) is 1. The van der Waals surface area contributed by atoms with Gasteiger partial charge in [0.2, 0.25) is 5.91 Å². The van der Waals surface area contributed by atoms with Gasteiger partial charge in [-0.1, -0.05) is 54.6 Å². The minimum Gasteiger partial charge on any atom is -0.340 e. The first-order valence-electron chi connectivity index (χ1n) is 12.2. The van der Waals surface area contributed by atoms with Crippen LogP contribution in [0, 0.1) is 0 Å². The molecule has 36 heavy (non-hydrogen) atoms. The lowest BCUT2D eigenvalue weighted by Gasteiger charge is -2.32. The molecule has 7 nitrogen and oxygen atoms in total. The van der Waals surface area contributed by atoms with Gasteiger partial charge in [-0.05, 0) is 48.2 Å². The van der Waals surface area contributed by atoms with Crippen molar-refractivity contribution >= 4 is 50.2 Å². The van der Waals surface area contributed by atoms with E-state index in [0.29, 0.717) is 13.1 Å². The van der Waals surface area contributed by atoms with Crippen LogP contribution in [-0.2, 0) is 15.1 Å². The molecular formula is C28H26N4O3S. The Balaban J connectivity index is 1.20. The number of nitrogens with zero attached hydrogens (tertiary/aromatic N) is 3. The number of amides is 4. The monoisotopic (exact) mass is 498 g/mol. The second kappa shape index (κ2) is 8.71. The SMILES string of the molecule is C[C@]1(c2cccc3ccccc23)NC(=O)N(CC(=O)N2CCC[C@H](c3nc4ccccc4s3)C2)C1=O. The van der Waals surface area contributed by atoms with Crippen molar-refractivity contribution in [2.45, 2.75) is 31.2 Å². The van der Waals surface area contributed by atoms with E-state index in [1.807, 2.05) is 60.7 Å². The molecule has 0 aliphatic carbocycles. The van der Waals surface area contributed by atoms with Gasteiger partial charge < -0.3 is 10.2 Å². The van der Waals surface area contributed by atoms with Crippen LogP contribution in [0.25, 0.3) is 21.0 Å². The zero-order valence-corrected chi connectivity index (χ0v) is 20.8. The van der Waals surface area contributed by atoms with E-state index in [2.05, 4.69) is 11.4 Å². The van der Waals surface area contributed by atoms with E-state index in [1.165, 1.54) is 0 Å². The lowest BCUT2D eigenvalue weighted by molar-refractivity contribution is -0.139. The molecule has 0 bridgehead atoms. The number of imide groups is 1. The highest BCUT2D eigenvalue weighted by atomic mass is 32.1. The molecule has 2 fully saturated rings. The number of aromatic nitrogens is 1. The molecule has 6 rings (SSSR count). The molecule has 0 unspecified atom stereocenters. The number of hydrogen-bond acceptors (Lipinski definition) is 5. The summed E-state index contributed by atoms with van der Waals surface area (Å²) in [5.41, 5.74) is 0.472. The third-order valence-corrected chi connectivity index (χ3v) is 8.53. The fraction of sp³-hybridized carbons (Fsp3) is 0.286. The van der Waals surface area contributed by atoms with Crippen LogP contribution in [0.3, 0.4) is 0 Å². The van der Waals surface area contributed by atoms with Crippen LogP contribution in [0.15, 0.2) is 66.7 Å². The van der Waals surface area contributed by atoms with E-state index in [0.717, 1.165) is 49.3 Å². The Kier molecular flexibility index (Phi) is 5.48. The van der Waals surface area contributed by atoms with Crippen molar-refractivity contribution < 1.29 is 14.4 Å².